The number of hydrogen-bond acceptors (Lipinski definition) is 7. The highest BCUT2D eigenvalue weighted by Gasteiger charge is 2.35. The molecule has 9 nitrogen and oxygen atoms in total. The standard InChI is InChI=1S/C19H26N4O5S/c1-4-27-17-11-15(5-8-20-17)12-21-19(24)16-6-9-23(10-7-16)29(25,26)18-13(2)22-28-14(18)3/h5,8,11,16H,4,6-7,9-10,12H2,1-3H3,(H,21,24). The Morgan fingerprint density at radius 1 is 1.34 bits per heavy atom. The minimum Gasteiger partial charge on any atom is -0.478 e. The van der Waals surface area contributed by atoms with Crippen molar-refractivity contribution in [3.63, 3.8) is 0 Å². The lowest BCUT2D eigenvalue weighted by atomic mass is 9.97. The van der Waals surface area contributed by atoms with Gasteiger partial charge in [-0.2, -0.15) is 4.31 Å². The number of sulfonamides is 1. The quantitative estimate of drug-likeness (QED) is 0.723. The molecule has 2 aromatic heterocycles. The van der Waals surface area contributed by atoms with Crippen LogP contribution in [0.2, 0.25) is 0 Å². The Labute approximate surface area is 170 Å². The molecule has 0 aliphatic carbocycles. The first-order valence-corrected chi connectivity index (χ1v) is 11.1. The van der Waals surface area contributed by atoms with Crippen LogP contribution in [0.25, 0.3) is 0 Å². The lowest BCUT2D eigenvalue weighted by molar-refractivity contribution is -0.126. The molecule has 10 heteroatoms. The normalized spacial score (nSPS) is 16.0. The number of rotatable bonds is 7. The maximum absolute atomic E-state index is 12.9. The zero-order valence-corrected chi connectivity index (χ0v) is 17.7. The molecule has 0 bridgehead atoms. The molecule has 0 aromatic carbocycles. The fraction of sp³-hybridized carbons (Fsp3) is 0.526. The first-order chi connectivity index (χ1) is 13.8. The Morgan fingerprint density at radius 3 is 2.69 bits per heavy atom. The Kier molecular flexibility index (Phi) is 6.53. The summed E-state index contributed by atoms with van der Waals surface area (Å²) in [4.78, 5) is 16.8. The van der Waals surface area contributed by atoms with E-state index in [1.165, 1.54) is 4.31 Å². The van der Waals surface area contributed by atoms with Gasteiger partial charge in [0.25, 0.3) is 0 Å². The van der Waals surface area contributed by atoms with Crippen LogP contribution in [0.15, 0.2) is 27.7 Å². The summed E-state index contributed by atoms with van der Waals surface area (Å²) < 4.78 is 37.5. The van der Waals surface area contributed by atoms with E-state index in [-0.39, 0.29) is 35.6 Å². The molecule has 3 heterocycles. The molecule has 29 heavy (non-hydrogen) atoms. The van der Waals surface area contributed by atoms with E-state index in [0.717, 1.165) is 5.56 Å². The highest BCUT2D eigenvalue weighted by atomic mass is 32.2. The van der Waals surface area contributed by atoms with Crippen LogP contribution in [-0.4, -0.2) is 48.5 Å². The van der Waals surface area contributed by atoms with Crippen LogP contribution >= 0.6 is 0 Å². The van der Waals surface area contributed by atoms with Gasteiger partial charge >= 0.3 is 0 Å². The van der Waals surface area contributed by atoms with Crippen molar-refractivity contribution in [2.75, 3.05) is 19.7 Å². The average molecular weight is 423 g/mol. The van der Waals surface area contributed by atoms with Crippen molar-refractivity contribution in [2.45, 2.75) is 45.1 Å². The van der Waals surface area contributed by atoms with E-state index in [2.05, 4.69) is 15.5 Å². The van der Waals surface area contributed by atoms with Crippen molar-refractivity contribution in [1.29, 1.82) is 0 Å². The van der Waals surface area contributed by atoms with Gasteiger partial charge in [0, 0.05) is 37.8 Å². The van der Waals surface area contributed by atoms with E-state index in [9.17, 15) is 13.2 Å². The zero-order chi connectivity index (χ0) is 21.0. The predicted molar refractivity (Wildman–Crippen MR) is 105 cm³/mol. The molecule has 0 spiro atoms. The van der Waals surface area contributed by atoms with Gasteiger partial charge < -0.3 is 14.6 Å². The number of ether oxygens (including phenoxy) is 1. The third-order valence-electron chi connectivity index (χ3n) is 4.95. The second-order valence-corrected chi connectivity index (χ2v) is 8.86. The molecule has 1 aliphatic heterocycles. The van der Waals surface area contributed by atoms with Crippen molar-refractivity contribution in [3.05, 3.63) is 35.3 Å². The predicted octanol–water partition coefficient (Wildman–Crippen LogP) is 1.80. The Morgan fingerprint density at radius 2 is 2.07 bits per heavy atom. The fourth-order valence-corrected chi connectivity index (χ4v) is 5.21. The number of hydrogen-bond donors (Lipinski definition) is 1. The van der Waals surface area contributed by atoms with Crippen LogP contribution in [0.1, 0.15) is 36.8 Å². The number of nitrogens with one attached hydrogen (secondary N) is 1. The molecule has 1 saturated heterocycles. The molecule has 3 rings (SSSR count). The molecule has 0 saturated carbocycles. The molecular weight excluding hydrogens is 396 g/mol. The van der Waals surface area contributed by atoms with Gasteiger partial charge in [-0.25, -0.2) is 13.4 Å². The summed E-state index contributed by atoms with van der Waals surface area (Å²) in [7, 11) is -3.67. The van der Waals surface area contributed by atoms with E-state index < -0.39 is 10.0 Å². The van der Waals surface area contributed by atoms with Gasteiger partial charge in [-0.15, -0.1) is 0 Å². The number of aromatic nitrogens is 2. The summed E-state index contributed by atoms with van der Waals surface area (Å²) >= 11 is 0. The molecule has 1 aliphatic rings. The van der Waals surface area contributed by atoms with Crippen LogP contribution in [0.5, 0.6) is 5.88 Å². The van der Waals surface area contributed by atoms with Gasteiger partial charge in [-0.3, -0.25) is 4.79 Å². The Hall–Kier alpha value is -2.46. The maximum Gasteiger partial charge on any atom is 0.248 e. The van der Waals surface area contributed by atoms with Crippen molar-refractivity contribution < 1.29 is 22.5 Å². The zero-order valence-electron chi connectivity index (χ0n) is 16.8. The fourth-order valence-electron chi connectivity index (χ4n) is 3.45. The molecule has 2 aromatic rings. The van der Waals surface area contributed by atoms with Crippen LogP contribution in [0, 0.1) is 19.8 Å². The molecular formula is C19H26N4O5S. The number of piperidine rings is 1. The van der Waals surface area contributed by atoms with E-state index in [1.807, 2.05) is 13.0 Å². The minimum absolute atomic E-state index is 0.0749. The Balaban J connectivity index is 1.55. The van der Waals surface area contributed by atoms with Crippen molar-refractivity contribution in [1.82, 2.24) is 19.8 Å². The molecule has 1 fully saturated rings. The molecule has 0 unspecified atom stereocenters. The van der Waals surface area contributed by atoms with Crippen molar-refractivity contribution in [2.24, 2.45) is 5.92 Å². The molecule has 0 radical (unpaired) electrons. The smallest absolute Gasteiger partial charge is 0.248 e. The van der Waals surface area contributed by atoms with Crippen molar-refractivity contribution >= 4 is 15.9 Å². The summed E-state index contributed by atoms with van der Waals surface area (Å²) in [6.07, 6.45) is 2.58. The topological polar surface area (TPSA) is 115 Å². The average Bonchev–Trinajstić information content (AvgIpc) is 3.05. The minimum atomic E-state index is -3.67. The van der Waals surface area contributed by atoms with Gasteiger partial charge in [0.2, 0.25) is 21.8 Å². The summed E-state index contributed by atoms with van der Waals surface area (Å²) in [5.41, 5.74) is 1.25. The second kappa shape index (κ2) is 8.91. The summed E-state index contributed by atoms with van der Waals surface area (Å²) in [5, 5.41) is 6.66. The molecule has 0 atom stereocenters. The van der Waals surface area contributed by atoms with Crippen LogP contribution in [0.3, 0.4) is 0 Å². The second-order valence-electron chi connectivity index (χ2n) is 6.98. The van der Waals surface area contributed by atoms with Gasteiger partial charge in [0.15, 0.2) is 5.76 Å². The van der Waals surface area contributed by atoms with E-state index in [4.69, 9.17) is 9.26 Å². The summed E-state index contributed by atoms with van der Waals surface area (Å²) in [5.74, 6) is 0.511. The number of amides is 1. The number of carbonyl (C=O) groups excluding carboxylic acids is 1. The lowest BCUT2D eigenvalue weighted by Crippen LogP contribution is -2.43. The number of nitrogens with zero attached hydrogens (tertiary/aromatic N) is 3. The van der Waals surface area contributed by atoms with Gasteiger partial charge in [0.05, 0.1) is 6.61 Å². The van der Waals surface area contributed by atoms with Crippen LogP contribution in [-0.2, 0) is 21.4 Å². The first kappa shape index (κ1) is 21.3. The summed E-state index contributed by atoms with van der Waals surface area (Å²) in [6, 6.07) is 3.62. The molecule has 1 N–H and O–H groups in total. The number of carbonyl (C=O) groups is 1. The third kappa shape index (κ3) is 4.76. The number of pyridine rings is 1. The van der Waals surface area contributed by atoms with E-state index in [0.29, 0.717) is 37.6 Å². The largest absolute Gasteiger partial charge is 0.478 e. The molecule has 158 valence electrons. The van der Waals surface area contributed by atoms with E-state index >= 15 is 0 Å². The van der Waals surface area contributed by atoms with Crippen molar-refractivity contribution in [3.8, 4) is 5.88 Å². The summed E-state index contributed by atoms with van der Waals surface area (Å²) in [6.45, 7) is 6.55. The third-order valence-corrected chi connectivity index (χ3v) is 7.09. The molecule has 1 amide bonds. The van der Waals surface area contributed by atoms with E-state index in [1.54, 1.807) is 26.1 Å². The highest BCUT2D eigenvalue weighted by Crippen LogP contribution is 2.27. The monoisotopic (exact) mass is 422 g/mol. The Bertz CT molecular complexity index is 945. The number of aryl methyl sites for hydroxylation is 2. The SMILES string of the molecule is CCOc1cc(CNC(=O)C2CCN(S(=O)(=O)c3c(C)noc3C)CC2)ccn1. The maximum atomic E-state index is 12.9. The highest BCUT2D eigenvalue weighted by molar-refractivity contribution is 7.89. The lowest BCUT2D eigenvalue weighted by Gasteiger charge is -2.30. The van der Waals surface area contributed by atoms with Gasteiger partial charge in [-0.1, -0.05) is 5.16 Å². The van der Waals surface area contributed by atoms with Crippen LogP contribution < -0.4 is 10.1 Å². The van der Waals surface area contributed by atoms with Gasteiger partial charge in [0.1, 0.15) is 10.6 Å². The first-order valence-electron chi connectivity index (χ1n) is 9.61. The van der Waals surface area contributed by atoms with Crippen LogP contribution in [0.4, 0.5) is 0 Å². The van der Waals surface area contributed by atoms with Gasteiger partial charge in [-0.05, 0) is 45.2 Å².